The molecule has 0 aliphatic rings. The van der Waals surface area contributed by atoms with Crippen LogP contribution in [0, 0.1) is 0 Å². The molecule has 3 rings (SSSR count). The van der Waals surface area contributed by atoms with E-state index in [1.165, 1.54) is 18.2 Å². The third kappa shape index (κ3) is 6.32. The Morgan fingerprint density at radius 3 is 2.00 bits per heavy atom. The molecule has 0 saturated carbocycles. The van der Waals surface area contributed by atoms with Gasteiger partial charge in [-0.2, -0.15) is 0 Å². The van der Waals surface area contributed by atoms with Gasteiger partial charge in [0.25, 0.3) is 5.91 Å². The highest BCUT2D eigenvalue weighted by molar-refractivity contribution is 7.89. The van der Waals surface area contributed by atoms with Crippen molar-refractivity contribution in [2.45, 2.75) is 30.8 Å². The number of hydrogen-bond donors (Lipinski definition) is 2. The molecular formula is C24H25ClN2O4S. The number of benzene rings is 3. The highest BCUT2D eigenvalue weighted by atomic mass is 35.5. The highest BCUT2D eigenvalue weighted by Gasteiger charge is 2.19. The Morgan fingerprint density at radius 1 is 0.938 bits per heavy atom. The van der Waals surface area contributed by atoms with E-state index in [2.05, 4.69) is 10.0 Å². The fraction of sp³-hybridized carbons (Fsp3) is 0.208. The molecule has 0 atom stereocenters. The smallest absolute Gasteiger partial charge is 0.258 e. The second-order valence-corrected chi connectivity index (χ2v) is 9.60. The van der Waals surface area contributed by atoms with E-state index in [0.717, 1.165) is 11.1 Å². The summed E-state index contributed by atoms with van der Waals surface area (Å²) in [6.07, 6.45) is 0. The number of hydrogen-bond acceptors (Lipinski definition) is 4. The molecule has 0 heterocycles. The normalized spacial score (nSPS) is 11.5. The molecule has 0 spiro atoms. The van der Waals surface area contributed by atoms with Crippen LogP contribution in [-0.4, -0.2) is 27.0 Å². The SMILES string of the molecule is CC(C)NS(=O)(=O)c1ccc(OCC(=O)NC(c2ccccc2)c2ccccc2)c(Cl)c1. The Hall–Kier alpha value is -2.87. The molecular weight excluding hydrogens is 448 g/mol. The topological polar surface area (TPSA) is 84.5 Å². The maximum absolute atomic E-state index is 12.6. The van der Waals surface area contributed by atoms with E-state index in [9.17, 15) is 13.2 Å². The van der Waals surface area contributed by atoms with Gasteiger partial charge in [0.05, 0.1) is 16.0 Å². The molecule has 0 aliphatic heterocycles. The maximum Gasteiger partial charge on any atom is 0.258 e. The molecule has 8 heteroatoms. The summed E-state index contributed by atoms with van der Waals surface area (Å²) in [5.41, 5.74) is 1.88. The number of amides is 1. The summed E-state index contributed by atoms with van der Waals surface area (Å²) in [6, 6.07) is 22.8. The van der Waals surface area contributed by atoms with E-state index in [1.54, 1.807) is 13.8 Å². The molecule has 0 bridgehead atoms. The Labute approximate surface area is 193 Å². The molecule has 6 nitrogen and oxygen atoms in total. The number of carbonyl (C=O) groups is 1. The van der Waals surface area contributed by atoms with Crippen LogP contribution in [0.25, 0.3) is 0 Å². The lowest BCUT2D eigenvalue weighted by atomic mass is 9.99. The summed E-state index contributed by atoms with van der Waals surface area (Å²) in [4.78, 5) is 12.7. The standard InChI is InChI=1S/C24H25ClN2O4S/c1-17(2)27-32(29,30)20-13-14-22(21(25)15-20)31-16-23(28)26-24(18-9-5-3-6-10-18)19-11-7-4-8-12-19/h3-15,17,24,27H,16H2,1-2H3,(H,26,28). The van der Waals surface area contributed by atoms with Crippen LogP contribution in [0.2, 0.25) is 5.02 Å². The average Bonchev–Trinajstić information content (AvgIpc) is 2.77. The highest BCUT2D eigenvalue weighted by Crippen LogP contribution is 2.28. The van der Waals surface area contributed by atoms with Gasteiger partial charge >= 0.3 is 0 Å². The van der Waals surface area contributed by atoms with E-state index in [4.69, 9.17) is 16.3 Å². The summed E-state index contributed by atoms with van der Waals surface area (Å²) >= 11 is 6.20. The van der Waals surface area contributed by atoms with Crippen molar-refractivity contribution in [3.05, 3.63) is 95.0 Å². The maximum atomic E-state index is 12.6. The summed E-state index contributed by atoms with van der Waals surface area (Å²) in [7, 11) is -3.68. The molecule has 0 fully saturated rings. The first-order valence-electron chi connectivity index (χ1n) is 10.1. The fourth-order valence-electron chi connectivity index (χ4n) is 3.14. The van der Waals surface area contributed by atoms with Gasteiger partial charge in [0.15, 0.2) is 6.61 Å². The fourth-order valence-corrected chi connectivity index (χ4v) is 4.72. The van der Waals surface area contributed by atoms with Gasteiger partial charge in [-0.25, -0.2) is 13.1 Å². The molecule has 0 radical (unpaired) electrons. The van der Waals surface area contributed by atoms with Crippen LogP contribution in [0.3, 0.4) is 0 Å². The van der Waals surface area contributed by atoms with E-state index in [1.807, 2.05) is 60.7 Å². The number of rotatable bonds is 9. The predicted octanol–water partition coefficient (Wildman–Crippen LogP) is 4.31. The van der Waals surface area contributed by atoms with Crippen LogP contribution in [-0.2, 0) is 14.8 Å². The van der Waals surface area contributed by atoms with Crippen molar-refractivity contribution in [1.82, 2.24) is 10.0 Å². The summed E-state index contributed by atoms with van der Waals surface area (Å²) < 4.78 is 32.6. The van der Waals surface area contributed by atoms with Crippen molar-refractivity contribution in [3.8, 4) is 5.75 Å². The van der Waals surface area contributed by atoms with Crippen LogP contribution < -0.4 is 14.8 Å². The number of ether oxygens (including phenoxy) is 1. The van der Waals surface area contributed by atoms with Crippen molar-refractivity contribution >= 4 is 27.5 Å². The van der Waals surface area contributed by atoms with Gasteiger partial charge in [-0.3, -0.25) is 4.79 Å². The number of nitrogens with one attached hydrogen (secondary N) is 2. The van der Waals surface area contributed by atoms with Crippen molar-refractivity contribution in [3.63, 3.8) is 0 Å². The van der Waals surface area contributed by atoms with Crippen LogP contribution in [0.5, 0.6) is 5.75 Å². The lowest BCUT2D eigenvalue weighted by Gasteiger charge is -2.20. The zero-order valence-corrected chi connectivity index (χ0v) is 19.4. The van der Waals surface area contributed by atoms with Crippen LogP contribution >= 0.6 is 11.6 Å². The summed E-state index contributed by atoms with van der Waals surface area (Å²) in [6.45, 7) is 3.19. The van der Waals surface area contributed by atoms with Crippen LogP contribution in [0.1, 0.15) is 31.0 Å². The van der Waals surface area contributed by atoms with Crippen molar-refractivity contribution in [1.29, 1.82) is 0 Å². The first-order valence-corrected chi connectivity index (χ1v) is 12.0. The molecule has 1 amide bonds. The molecule has 3 aromatic rings. The van der Waals surface area contributed by atoms with E-state index < -0.39 is 10.0 Å². The molecule has 0 aromatic heterocycles. The molecule has 32 heavy (non-hydrogen) atoms. The second kappa shape index (κ2) is 10.6. The van der Waals surface area contributed by atoms with Crippen molar-refractivity contribution in [2.24, 2.45) is 0 Å². The van der Waals surface area contributed by atoms with Gasteiger partial charge in [-0.15, -0.1) is 0 Å². The van der Waals surface area contributed by atoms with Gasteiger partial charge in [0.2, 0.25) is 10.0 Å². The second-order valence-electron chi connectivity index (χ2n) is 7.48. The van der Waals surface area contributed by atoms with E-state index >= 15 is 0 Å². The minimum absolute atomic E-state index is 0.0289. The molecule has 0 aliphatic carbocycles. The van der Waals surface area contributed by atoms with Gasteiger partial charge < -0.3 is 10.1 Å². The predicted molar refractivity (Wildman–Crippen MR) is 125 cm³/mol. The van der Waals surface area contributed by atoms with Gasteiger partial charge in [0, 0.05) is 6.04 Å². The summed E-state index contributed by atoms with van der Waals surface area (Å²) in [5.74, 6) is -0.113. The van der Waals surface area contributed by atoms with Crippen molar-refractivity contribution in [2.75, 3.05) is 6.61 Å². The zero-order chi connectivity index (χ0) is 23.1. The third-order valence-electron chi connectivity index (χ3n) is 4.53. The minimum atomic E-state index is -3.68. The van der Waals surface area contributed by atoms with Gasteiger partial charge in [-0.05, 0) is 43.2 Å². The monoisotopic (exact) mass is 472 g/mol. The largest absolute Gasteiger partial charge is 0.482 e. The molecule has 0 unspecified atom stereocenters. The number of sulfonamides is 1. The first-order chi connectivity index (χ1) is 15.3. The molecule has 168 valence electrons. The first kappa shape index (κ1) is 23.8. The van der Waals surface area contributed by atoms with E-state index in [-0.39, 0.29) is 40.3 Å². The Kier molecular flexibility index (Phi) is 7.90. The van der Waals surface area contributed by atoms with Gasteiger partial charge in [-0.1, -0.05) is 72.3 Å². The van der Waals surface area contributed by atoms with E-state index in [0.29, 0.717) is 0 Å². The number of carbonyl (C=O) groups excluding carboxylic acids is 1. The molecule has 2 N–H and O–H groups in total. The molecule has 3 aromatic carbocycles. The van der Waals surface area contributed by atoms with Gasteiger partial charge in [0.1, 0.15) is 5.75 Å². The zero-order valence-electron chi connectivity index (χ0n) is 17.8. The Bertz CT molecular complexity index is 1110. The van der Waals surface area contributed by atoms with Crippen LogP contribution in [0.15, 0.2) is 83.8 Å². The lowest BCUT2D eigenvalue weighted by molar-refractivity contribution is -0.123. The average molecular weight is 473 g/mol. The van der Waals surface area contributed by atoms with Crippen LogP contribution in [0.4, 0.5) is 0 Å². The lowest BCUT2D eigenvalue weighted by Crippen LogP contribution is -2.33. The minimum Gasteiger partial charge on any atom is -0.482 e. The quantitative estimate of drug-likeness (QED) is 0.486. The summed E-state index contributed by atoms with van der Waals surface area (Å²) in [5, 5.41) is 3.09. The Balaban J connectivity index is 1.69. The number of halogens is 1. The van der Waals surface area contributed by atoms with Crippen molar-refractivity contribution < 1.29 is 17.9 Å². The Morgan fingerprint density at radius 2 is 1.50 bits per heavy atom. The third-order valence-corrected chi connectivity index (χ3v) is 6.49. The molecule has 0 saturated heterocycles.